The topological polar surface area (TPSA) is 87.2 Å². The molecule has 0 saturated carbocycles. The van der Waals surface area contributed by atoms with Crippen molar-refractivity contribution in [3.05, 3.63) is 47.3 Å². The summed E-state index contributed by atoms with van der Waals surface area (Å²) in [6, 6.07) is 6.77. The van der Waals surface area contributed by atoms with Gasteiger partial charge in [-0.15, -0.1) is 0 Å². The van der Waals surface area contributed by atoms with E-state index in [9.17, 15) is 18.4 Å². The van der Waals surface area contributed by atoms with Crippen LogP contribution < -0.4 is 10.6 Å². The van der Waals surface area contributed by atoms with E-state index in [1.165, 1.54) is 6.92 Å². The van der Waals surface area contributed by atoms with E-state index in [-0.39, 0.29) is 36.4 Å². The number of rotatable bonds is 5. The van der Waals surface area contributed by atoms with Crippen molar-refractivity contribution in [3.63, 3.8) is 0 Å². The maximum atomic E-state index is 14.2. The molecular formula is C24H31F2N5O2. The lowest BCUT2D eigenvalue weighted by molar-refractivity contribution is -0.119. The molecule has 0 bridgehead atoms. The Bertz CT molecular complexity index is 1040. The van der Waals surface area contributed by atoms with Gasteiger partial charge < -0.3 is 15.5 Å². The largest absolute Gasteiger partial charge is 0.354 e. The molecule has 7 nitrogen and oxygen atoms in total. The fraction of sp³-hybridized carbons (Fsp3) is 0.500. The number of nitrogens with zero attached hydrogens (tertiary/aromatic N) is 3. The first kappa shape index (κ1) is 24.5. The number of amides is 2. The van der Waals surface area contributed by atoms with Crippen molar-refractivity contribution in [1.82, 2.24) is 20.2 Å². The number of anilines is 2. The molecule has 178 valence electrons. The average Bonchev–Trinajstić information content (AvgIpc) is 2.73. The van der Waals surface area contributed by atoms with Gasteiger partial charge in [-0.2, -0.15) is 0 Å². The van der Waals surface area contributed by atoms with Crippen molar-refractivity contribution in [1.29, 1.82) is 0 Å². The normalized spacial score (nSPS) is 18.0. The van der Waals surface area contributed by atoms with Gasteiger partial charge in [0, 0.05) is 32.1 Å². The monoisotopic (exact) mass is 459 g/mol. The summed E-state index contributed by atoms with van der Waals surface area (Å²) in [4.78, 5) is 34.6. The summed E-state index contributed by atoms with van der Waals surface area (Å²) >= 11 is 0. The number of likely N-dealkylation sites (tertiary alicyclic amines) is 1. The van der Waals surface area contributed by atoms with Gasteiger partial charge in [-0.1, -0.05) is 26.8 Å². The molecule has 2 N–H and O–H groups in total. The molecule has 1 unspecified atom stereocenters. The van der Waals surface area contributed by atoms with E-state index < -0.39 is 24.4 Å². The van der Waals surface area contributed by atoms with Crippen LogP contribution in [-0.2, 0) is 10.2 Å². The van der Waals surface area contributed by atoms with Gasteiger partial charge in [0.2, 0.25) is 5.91 Å². The summed E-state index contributed by atoms with van der Waals surface area (Å²) in [5.74, 6) is -2.87. The molecular weight excluding hydrogens is 428 g/mol. The summed E-state index contributed by atoms with van der Waals surface area (Å²) in [6.07, 6.45) is 1.47. The predicted octanol–water partition coefficient (Wildman–Crippen LogP) is 4.20. The maximum absolute atomic E-state index is 14.2. The third kappa shape index (κ3) is 6.24. The molecule has 3 rings (SSSR count). The Morgan fingerprint density at radius 1 is 1.21 bits per heavy atom. The maximum Gasteiger partial charge on any atom is 0.273 e. The second-order valence-electron chi connectivity index (χ2n) is 9.59. The molecule has 1 saturated heterocycles. The number of aryl methyl sites for hydroxylation is 1. The molecule has 1 fully saturated rings. The highest BCUT2D eigenvalue weighted by molar-refractivity contribution is 5.94. The summed E-state index contributed by atoms with van der Waals surface area (Å²) in [5.41, 5.74) is 1.69. The van der Waals surface area contributed by atoms with Gasteiger partial charge in [-0.3, -0.25) is 9.59 Å². The van der Waals surface area contributed by atoms with Crippen molar-refractivity contribution in [2.24, 2.45) is 0 Å². The van der Waals surface area contributed by atoms with Crippen LogP contribution in [0.2, 0.25) is 0 Å². The van der Waals surface area contributed by atoms with Gasteiger partial charge in [0.15, 0.2) is 0 Å². The summed E-state index contributed by atoms with van der Waals surface area (Å²) < 4.78 is 28.4. The first-order valence-electron chi connectivity index (χ1n) is 11.0. The Labute approximate surface area is 193 Å². The van der Waals surface area contributed by atoms with Gasteiger partial charge in [-0.05, 0) is 48.1 Å². The van der Waals surface area contributed by atoms with Crippen molar-refractivity contribution in [2.75, 3.05) is 18.4 Å². The highest BCUT2D eigenvalue weighted by atomic mass is 19.3. The third-order valence-corrected chi connectivity index (χ3v) is 5.71. The summed E-state index contributed by atoms with van der Waals surface area (Å²) in [5, 5.41) is 5.75. The molecule has 2 amide bonds. The zero-order valence-electron chi connectivity index (χ0n) is 19.7. The molecule has 0 spiro atoms. The summed E-state index contributed by atoms with van der Waals surface area (Å²) in [7, 11) is 0. The first-order valence-corrected chi connectivity index (χ1v) is 11.0. The third-order valence-electron chi connectivity index (χ3n) is 5.71. The van der Waals surface area contributed by atoms with Crippen LogP contribution in [0.1, 0.15) is 62.2 Å². The quantitative estimate of drug-likeness (QED) is 0.700. The number of pyridine rings is 2. The predicted molar refractivity (Wildman–Crippen MR) is 123 cm³/mol. The van der Waals surface area contributed by atoms with E-state index in [1.807, 2.05) is 12.1 Å². The van der Waals surface area contributed by atoms with Gasteiger partial charge >= 0.3 is 0 Å². The highest BCUT2D eigenvalue weighted by Crippen LogP contribution is 2.31. The Morgan fingerprint density at radius 2 is 1.94 bits per heavy atom. The number of alkyl halides is 2. The number of carbonyl (C=O) groups excluding carboxylic acids is 2. The number of aromatic nitrogens is 2. The molecule has 1 aliphatic heterocycles. The Kier molecular flexibility index (Phi) is 7.00. The van der Waals surface area contributed by atoms with Crippen LogP contribution in [0.15, 0.2) is 30.5 Å². The number of carbonyl (C=O) groups is 2. The first-order chi connectivity index (χ1) is 15.4. The SMILES string of the molecule is CC(=O)NCC1CCC(F)(F)CN1C(=O)c1nc(Nc2cc(C(C)(C)C)ccn2)ccc1C. The van der Waals surface area contributed by atoms with Gasteiger partial charge in [0.1, 0.15) is 17.3 Å². The number of piperidine rings is 1. The number of nitrogens with one attached hydrogen (secondary N) is 2. The van der Waals surface area contributed by atoms with Crippen molar-refractivity contribution in [3.8, 4) is 0 Å². The van der Waals surface area contributed by atoms with Gasteiger partial charge in [-0.25, -0.2) is 18.7 Å². The standard InChI is InChI=1S/C24H31F2N5O2/c1-15-6-7-19(29-20-12-17(9-11-27-20)23(3,4)5)30-21(15)22(33)31-14-24(25,26)10-8-18(31)13-28-16(2)32/h6-7,9,11-12,18H,8,10,13-14H2,1-5H3,(H,28,32)(H,27,29,30). The van der Waals surface area contributed by atoms with Crippen LogP contribution in [0.4, 0.5) is 20.4 Å². The van der Waals surface area contributed by atoms with Gasteiger partial charge in [0.05, 0.1) is 6.54 Å². The zero-order valence-corrected chi connectivity index (χ0v) is 19.7. The Morgan fingerprint density at radius 3 is 2.61 bits per heavy atom. The molecule has 3 heterocycles. The molecule has 2 aromatic heterocycles. The highest BCUT2D eigenvalue weighted by Gasteiger charge is 2.42. The molecule has 0 aromatic carbocycles. The van der Waals surface area contributed by atoms with Crippen LogP contribution in [-0.4, -0.2) is 51.7 Å². The minimum absolute atomic E-state index is 0.0659. The smallest absolute Gasteiger partial charge is 0.273 e. The molecule has 2 aromatic rings. The van der Waals surface area contributed by atoms with Crippen LogP contribution in [0.5, 0.6) is 0 Å². The Hall–Kier alpha value is -3.10. The van der Waals surface area contributed by atoms with Crippen molar-refractivity contribution in [2.45, 2.75) is 64.8 Å². The fourth-order valence-electron chi connectivity index (χ4n) is 3.75. The van der Waals surface area contributed by atoms with Crippen LogP contribution >= 0.6 is 0 Å². The lowest BCUT2D eigenvalue weighted by Crippen LogP contribution is -2.55. The lowest BCUT2D eigenvalue weighted by Gasteiger charge is -2.39. The molecule has 1 atom stereocenters. The van der Waals surface area contributed by atoms with E-state index in [2.05, 4.69) is 41.4 Å². The lowest BCUT2D eigenvalue weighted by atomic mass is 9.88. The average molecular weight is 460 g/mol. The second-order valence-corrected chi connectivity index (χ2v) is 9.59. The van der Waals surface area contributed by atoms with Crippen molar-refractivity contribution < 1.29 is 18.4 Å². The van der Waals surface area contributed by atoms with Crippen LogP contribution in [0.3, 0.4) is 0 Å². The molecule has 9 heteroatoms. The fourth-order valence-corrected chi connectivity index (χ4v) is 3.75. The van der Waals surface area contributed by atoms with Crippen LogP contribution in [0.25, 0.3) is 0 Å². The van der Waals surface area contributed by atoms with E-state index in [4.69, 9.17) is 0 Å². The van der Waals surface area contributed by atoms with Crippen molar-refractivity contribution >= 4 is 23.5 Å². The van der Waals surface area contributed by atoms with E-state index in [1.54, 1.807) is 25.3 Å². The number of hydrogen-bond donors (Lipinski definition) is 2. The second kappa shape index (κ2) is 9.41. The molecule has 33 heavy (non-hydrogen) atoms. The molecule has 1 aliphatic rings. The number of hydrogen-bond acceptors (Lipinski definition) is 5. The minimum Gasteiger partial charge on any atom is -0.354 e. The molecule has 0 aliphatic carbocycles. The summed E-state index contributed by atoms with van der Waals surface area (Å²) in [6.45, 7) is 8.78. The zero-order chi connectivity index (χ0) is 24.4. The number of halogens is 2. The van der Waals surface area contributed by atoms with E-state index in [0.29, 0.717) is 17.2 Å². The van der Waals surface area contributed by atoms with E-state index >= 15 is 0 Å². The van der Waals surface area contributed by atoms with E-state index in [0.717, 1.165) is 10.5 Å². The Balaban J connectivity index is 1.87. The van der Waals surface area contributed by atoms with Gasteiger partial charge in [0.25, 0.3) is 11.8 Å². The minimum atomic E-state index is -2.98. The molecule has 0 radical (unpaired) electrons. The van der Waals surface area contributed by atoms with Crippen LogP contribution in [0, 0.1) is 6.92 Å².